The molecular formula is C18H20O2. The van der Waals surface area contributed by atoms with Crippen LogP contribution >= 0.6 is 0 Å². The predicted octanol–water partition coefficient (Wildman–Crippen LogP) is 4.07. The van der Waals surface area contributed by atoms with E-state index >= 15 is 0 Å². The van der Waals surface area contributed by atoms with Crippen LogP contribution in [-0.2, 0) is 12.8 Å². The van der Waals surface area contributed by atoms with E-state index in [-0.39, 0.29) is 12.4 Å². The molecule has 0 aliphatic carbocycles. The largest absolute Gasteiger partial charge is 0.485 e. The fraction of sp³-hybridized carbons (Fsp3) is 0.278. The van der Waals surface area contributed by atoms with Crippen molar-refractivity contribution in [1.82, 2.24) is 0 Å². The van der Waals surface area contributed by atoms with Crippen molar-refractivity contribution in [3.05, 3.63) is 65.2 Å². The Morgan fingerprint density at radius 1 is 0.950 bits per heavy atom. The smallest absolute Gasteiger partial charge is 0.200 e. The van der Waals surface area contributed by atoms with Crippen molar-refractivity contribution < 1.29 is 9.53 Å². The quantitative estimate of drug-likeness (QED) is 0.738. The Kier molecular flexibility index (Phi) is 4.94. The number of carbonyl (C=O) groups excluding carboxylic acids is 1. The van der Waals surface area contributed by atoms with Crippen molar-refractivity contribution in [3.8, 4) is 5.75 Å². The monoisotopic (exact) mass is 268 g/mol. The van der Waals surface area contributed by atoms with Gasteiger partial charge in [-0.1, -0.05) is 50.2 Å². The molecule has 0 atom stereocenters. The molecule has 0 spiro atoms. The Labute approximate surface area is 120 Å². The van der Waals surface area contributed by atoms with Crippen molar-refractivity contribution in [2.75, 3.05) is 6.61 Å². The maximum atomic E-state index is 12.0. The maximum Gasteiger partial charge on any atom is 0.200 e. The van der Waals surface area contributed by atoms with E-state index in [4.69, 9.17) is 4.74 Å². The lowest BCUT2D eigenvalue weighted by Gasteiger charge is -2.07. The van der Waals surface area contributed by atoms with E-state index in [0.29, 0.717) is 5.56 Å². The summed E-state index contributed by atoms with van der Waals surface area (Å²) in [7, 11) is 0. The highest BCUT2D eigenvalue weighted by Crippen LogP contribution is 2.14. The number of hydrogen-bond acceptors (Lipinski definition) is 2. The molecule has 2 aromatic rings. The summed E-state index contributed by atoms with van der Waals surface area (Å²) in [6.07, 6.45) is 1.94. The molecular weight excluding hydrogens is 248 g/mol. The van der Waals surface area contributed by atoms with Crippen LogP contribution in [0, 0.1) is 0 Å². The van der Waals surface area contributed by atoms with Crippen molar-refractivity contribution in [3.63, 3.8) is 0 Å². The van der Waals surface area contributed by atoms with Crippen LogP contribution in [0.25, 0.3) is 0 Å². The third-order valence-electron chi connectivity index (χ3n) is 3.36. The van der Waals surface area contributed by atoms with Crippen molar-refractivity contribution in [2.45, 2.75) is 26.7 Å². The van der Waals surface area contributed by atoms with Gasteiger partial charge < -0.3 is 4.74 Å². The van der Waals surface area contributed by atoms with Crippen LogP contribution in [0.1, 0.15) is 35.3 Å². The minimum Gasteiger partial charge on any atom is -0.485 e. The third-order valence-corrected chi connectivity index (χ3v) is 3.36. The molecule has 0 bridgehead atoms. The summed E-state index contributed by atoms with van der Waals surface area (Å²) < 4.78 is 5.57. The average Bonchev–Trinajstić information content (AvgIpc) is 2.53. The fourth-order valence-corrected chi connectivity index (χ4v) is 2.01. The molecule has 2 rings (SSSR count). The normalized spacial score (nSPS) is 10.3. The van der Waals surface area contributed by atoms with E-state index in [9.17, 15) is 4.79 Å². The van der Waals surface area contributed by atoms with Crippen LogP contribution in [0.2, 0.25) is 0 Å². The molecule has 0 fully saturated rings. The van der Waals surface area contributed by atoms with Gasteiger partial charge in [0, 0.05) is 5.56 Å². The number of hydrogen-bond donors (Lipinski definition) is 0. The second-order valence-corrected chi connectivity index (χ2v) is 4.76. The number of rotatable bonds is 6. The molecule has 20 heavy (non-hydrogen) atoms. The second-order valence-electron chi connectivity index (χ2n) is 4.76. The first kappa shape index (κ1) is 14.3. The van der Waals surface area contributed by atoms with Gasteiger partial charge in [-0.3, -0.25) is 4.79 Å². The van der Waals surface area contributed by atoms with Crippen molar-refractivity contribution in [2.24, 2.45) is 0 Å². The Hall–Kier alpha value is -2.09. The van der Waals surface area contributed by atoms with Gasteiger partial charge in [0.1, 0.15) is 5.75 Å². The summed E-state index contributed by atoms with van der Waals surface area (Å²) in [5.41, 5.74) is 3.15. The molecule has 0 saturated heterocycles. The lowest BCUT2D eigenvalue weighted by molar-refractivity contribution is 0.0921. The van der Waals surface area contributed by atoms with Gasteiger partial charge in [-0.25, -0.2) is 0 Å². The number of Topliss-reactive ketones (excluding diaryl/α,β-unsaturated/α-hetero) is 1. The summed E-state index contributed by atoms with van der Waals surface area (Å²) in [5, 5.41) is 0. The van der Waals surface area contributed by atoms with Crippen LogP contribution < -0.4 is 4.74 Å². The topological polar surface area (TPSA) is 26.3 Å². The van der Waals surface area contributed by atoms with E-state index in [0.717, 1.165) is 18.6 Å². The summed E-state index contributed by atoms with van der Waals surface area (Å²) in [5.74, 6) is 0.762. The zero-order valence-corrected chi connectivity index (χ0v) is 12.1. The number of ether oxygens (including phenoxy) is 1. The number of aryl methyl sites for hydroxylation is 2. The van der Waals surface area contributed by atoms with Crippen LogP contribution in [0.5, 0.6) is 5.75 Å². The molecule has 0 heterocycles. The lowest BCUT2D eigenvalue weighted by atomic mass is 10.1. The van der Waals surface area contributed by atoms with Crippen molar-refractivity contribution in [1.29, 1.82) is 0 Å². The number of benzene rings is 2. The molecule has 104 valence electrons. The Bertz CT molecular complexity index is 570. The summed E-state index contributed by atoms with van der Waals surface area (Å²) in [4.78, 5) is 12.0. The van der Waals surface area contributed by atoms with E-state index < -0.39 is 0 Å². The van der Waals surface area contributed by atoms with Gasteiger partial charge in [0.05, 0.1) is 0 Å². The SMILES string of the molecule is CCc1ccc(C(=O)COc2cccc(CC)c2)cc1. The first-order chi connectivity index (χ1) is 9.72. The Morgan fingerprint density at radius 3 is 2.30 bits per heavy atom. The molecule has 0 saturated carbocycles. The van der Waals surface area contributed by atoms with E-state index in [1.165, 1.54) is 11.1 Å². The molecule has 2 heteroatoms. The number of carbonyl (C=O) groups is 1. The van der Waals surface area contributed by atoms with Crippen LogP contribution in [0.3, 0.4) is 0 Å². The highest BCUT2D eigenvalue weighted by atomic mass is 16.5. The molecule has 2 nitrogen and oxygen atoms in total. The Balaban J connectivity index is 1.97. The van der Waals surface area contributed by atoms with Crippen molar-refractivity contribution >= 4 is 5.78 Å². The van der Waals surface area contributed by atoms with Gasteiger partial charge in [0.25, 0.3) is 0 Å². The van der Waals surface area contributed by atoms with Crippen LogP contribution in [0.15, 0.2) is 48.5 Å². The summed E-state index contributed by atoms with van der Waals surface area (Å²) in [6.45, 7) is 4.28. The maximum absolute atomic E-state index is 12.0. The number of ketones is 1. The van der Waals surface area contributed by atoms with Gasteiger partial charge in [-0.05, 0) is 36.1 Å². The first-order valence-corrected chi connectivity index (χ1v) is 7.06. The molecule has 2 aromatic carbocycles. The van der Waals surface area contributed by atoms with E-state index in [1.807, 2.05) is 42.5 Å². The zero-order chi connectivity index (χ0) is 14.4. The van der Waals surface area contributed by atoms with Gasteiger partial charge in [-0.15, -0.1) is 0 Å². The van der Waals surface area contributed by atoms with Gasteiger partial charge in [-0.2, -0.15) is 0 Å². The summed E-state index contributed by atoms with van der Waals surface area (Å²) in [6, 6.07) is 15.6. The van der Waals surface area contributed by atoms with Gasteiger partial charge >= 0.3 is 0 Å². The highest BCUT2D eigenvalue weighted by molar-refractivity contribution is 5.97. The molecule has 0 unspecified atom stereocenters. The predicted molar refractivity (Wildman–Crippen MR) is 81.5 cm³/mol. The molecule has 0 aliphatic heterocycles. The van der Waals surface area contributed by atoms with Crippen LogP contribution in [0.4, 0.5) is 0 Å². The standard InChI is InChI=1S/C18H20O2/c1-3-14-8-10-16(11-9-14)18(19)13-20-17-7-5-6-15(4-2)12-17/h5-12H,3-4,13H2,1-2H3. The van der Waals surface area contributed by atoms with E-state index in [2.05, 4.69) is 19.9 Å². The zero-order valence-electron chi connectivity index (χ0n) is 12.1. The Morgan fingerprint density at radius 2 is 1.65 bits per heavy atom. The molecule has 0 aromatic heterocycles. The molecule has 0 radical (unpaired) electrons. The molecule has 0 N–H and O–H groups in total. The average molecular weight is 268 g/mol. The molecule has 0 amide bonds. The second kappa shape index (κ2) is 6.90. The first-order valence-electron chi connectivity index (χ1n) is 7.06. The van der Waals surface area contributed by atoms with Gasteiger partial charge in [0.15, 0.2) is 12.4 Å². The lowest BCUT2D eigenvalue weighted by Crippen LogP contribution is -2.11. The third kappa shape index (κ3) is 3.70. The highest BCUT2D eigenvalue weighted by Gasteiger charge is 2.07. The van der Waals surface area contributed by atoms with E-state index in [1.54, 1.807) is 0 Å². The molecule has 0 aliphatic rings. The fourth-order valence-electron chi connectivity index (χ4n) is 2.01. The van der Waals surface area contributed by atoms with Crippen LogP contribution in [-0.4, -0.2) is 12.4 Å². The minimum absolute atomic E-state index is 0.00885. The summed E-state index contributed by atoms with van der Waals surface area (Å²) >= 11 is 0. The minimum atomic E-state index is 0.00885. The van der Waals surface area contributed by atoms with Gasteiger partial charge in [0.2, 0.25) is 0 Å².